The van der Waals surface area contributed by atoms with Crippen LogP contribution in [0, 0.1) is 0 Å². The maximum absolute atomic E-state index is 3.34. The van der Waals surface area contributed by atoms with Crippen molar-refractivity contribution in [2.24, 2.45) is 0 Å². The molecule has 1 unspecified atom stereocenters. The van der Waals surface area contributed by atoms with E-state index in [4.69, 9.17) is 0 Å². The molecule has 0 aliphatic heterocycles. The van der Waals surface area contributed by atoms with E-state index in [0.717, 1.165) is 22.6 Å². The van der Waals surface area contributed by atoms with Gasteiger partial charge in [-0.1, -0.05) is 0 Å². The molecule has 0 rings (SSSR count). The van der Waals surface area contributed by atoms with Crippen LogP contribution in [0.5, 0.6) is 0 Å². The van der Waals surface area contributed by atoms with Crippen molar-refractivity contribution in [1.82, 2.24) is 5.32 Å². The van der Waals surface area contributed by atoms with Gasteiger partial charge in [-0.05, 0) is 0 Å². The standard InChI is InChI=1S/C7H19GeN/c1-5-6(9-4)7(2,3)8/h6,9H,5H2,1-4,8H3. The summed E-state index contributed by atoms with van der Waals surface area (Å²) in [6.07, 6.45) is 1.26. The van der Waals surface area contributed by atoms with Gasteiger partial charge in [-0.3, -0.25) is 0 Å². The van der Waals surface area contributed by atoms with Crippen LogP contribution in [-0.4, -0.2) is 29.6 Å². The maximum atomic E-state index is 3.34. The predicted molar refractivity (Wildman–Crippen MR) is 47.1 cm³/mol. The Labute approximate surface area is 66.8 Å². The van der Waals surface area contributed by atoms with E-state index in [-0.39, 0.29) is 0 Å². The summed E-state index contributed by atoms with van der Waals surface area (Å²) in [6.45, 7) is 6.93. The Hall–Kier alpha value is 0.503. The Bertz CT molecular complexity index is 71.5. The van der Waals surface area contributed by atoms with Crippen molar-refractivity contribution in [2.75, 3.05) is 7.05 Å². The molecule has 0 fully saturated rings. The fourth-order valence-electron chi connectivity index (χ4n) is 1.25. The van der Waals surface area contributed by atoms with Crippen molar-refractivity contribution >= 4 is 16.5 Å². The summed E-state index contributed by atoms with van der Waals surface area (Å²) in [5.74, 6) is 0. The zero-order valence-corrected chi connectivity index (χ0v) is 11.5. The van der Waals surface area contributed by atoms with Crippen molar-refractivity contribution < 1.29 is 0 Å². The predicted octanol–water partition coefficient (Wildman–Crippen LogP) is 0.548. The van der Waals surface area contributed by atoms with Crippen molar-refractivity contribution in [2.45, 2.75) is 37.5 Å². The average Bonchev–Trinajstić information content (AvgIpc) is 1.65. The summed E-state index contributed by atoms with van der Waals surface area (Å²) in [5, 5.41) is 3.34. The van der Waals surface area contributed by atoms with Crippen molar-refractivity contribution in [3.63, 3.8) is 0 Å². The zero-order chi connectivity index (χ0) is 7.49. The molecule has 0 aromatic rings. The molecule has 0 amide bonds. The van der Waals surface area contributed by atoms with Crippen LogP contribution >= 0.6 is 0 Å². The molecule has 0 radical (unpaired) electrons. The first kappa shape index (κ1) is 9.50. The molecular formula is C7H19GeN. The van der Waals surface area contributed by atoms with E-state index in [1.54, 1.807) is 0 Å². The van der Waals surface area contributed by atoms with Gasteiger partial charge in [-0.2, -0.15) is 0 Å². The number of rotatable bonds is 3. The molecule has 0 saturated heterocycles. The molecule has 1 atom stereocenters. The number of hydrogen-bond acceptors (Lipinski definition) is 1. The first-order valence-corrected chi connectivity index (χ1v) is 5.79. The minimum absolute atomic E-state index is 0.594. The third-order valence-corrected chi connectivity index (χ3v) is 3.26. The Balaban J connectivity index is 3.79. The molecule has 0 bridgehead atoms. The van der Waals surface area contributed by atoms with E-state index in [1.165, 1.54) is 6.42 Å². The van der Waals surface area contributed by atoms with Crippen molar-refractivity contribution in [3.05, 3.63) is 0 Å². The van der Waals surface area contributed by atoms with Crippen LogP contribution in [0.2, 0.25) is 4.25 Å². The molecule has 0 aliphatic rings. The molecule has 0 aromatic carbocycles. The summed E-state index contributed by atoms with van der Waals surface area (Å²) in [7, 11) is 2.06. The molecule has 2 heteroatoms. The van der Waals surface area contributed by atoms with Gasteiger partial charge in [0, 0.05) is 0 Å². The van der Waals surface area contributed by atoms with Gasteiger partial charge in [-0.15, -0.1) is 0 Å². The first-order chi connectivity index (χ1) is 4.02. The molecule has 0 saturated carbocycles. The Morgan fingerprint density at radius 3 is 2.00 bits per heavy atom. The molecule has 9 heavy (non-hydrogen) atoms. The molecule has 1 nitrogen and oxygen atoms in total. The van der Waals surface area contributed by atoms with Crippen LogP contribution in [0.4, 0.5) is 0 Å². The van der Waals surface area contributed by atoms with Crippen LogP contribution in [-0.2, 0) is 0 Å². The van der Waals surface area contributed by atoms with Gasteiger partial charge in [0.15, 0.2) is 0 Å². The number of nitrogens with one attached hydrogen (secondary N) is 1. The van der Waals surface area contributed by atoms with Gasteiger partial charge in [0.1, 0.15) is 0 Å². The zero-order valence-electron chi connectivity index (χ0n) is 7.28. The second-order valence-electron chi connectivity index (χ2n) is 3.62. The molecular weight excluding hydrogens is 171 g/mol. The van der Waals surface area contributed by atoms with E-state index >= 15 is 0 Å². The molecule has 0 aliphatic carbocycles. The third kappa shape index (κ3) is 3.26. The summed E-state index contributed by atoms with van der Waals surface area (Å²) < 4.78 is 0.594. The van der Waals surface area contributed by atoms with Gasteiger partial charge < -0.3 is 0 Å². The topological polar surface area (TPSA) is 12.0 Å². The molecule has 56 valence electrons. The first-order valence-electron chi connectivity index (χ1n) is 3.69. The Kier molecular flexibility index (Phi) is 3.82. The van der Waals surface area contributed by atoms with Gasteiger partial charge in [0.25, 0.3) is 0 Å². The fourth-order valence-corrected chi connectivity index (χ4v) is 2.71. The van der Waals surface area contributed by atoms with Crippen LogP contribution in [0.15, 0.2) is 0 Å². The van der Waals surface area contributed by atoms with Crippen LogP contribution < -0.4 is 5.32 Å². The van der Waals surface area contributed by atoms with E-state index in [1.807, 2.05) is 0 Å². The summed E-state index contributed by atoms with van der Waals surface area (Å²) in [4.78, 5) is 0. The third-order valence-electron chi connectivity index (χ3n) is 1.80. The molecule has 0 heterocycles. The van der Waals surface area contributed by atoms with Gasteiger partial charge in [0.05, 0.1) is 0 Å². The molecule has 0 aromatic heterocycles. The monoisotopic (exact) mass is 191 g/mol. The van der Waals surface area contributed by atoms with Crippen molar-refractivity contribution in [1.29, 1.82) is 0 Å². The number of hydrogen-bond donors (Lipinski definition) is 1. The van der Waals surface area contributed by atoms with Gasteiger partial charge in [0.2, 0.25) is 0 Å². The van der Waals surface area contributed by atoms with Gasteiger partial charge in [-0.25, -0.2) is 0 Å². The summed E-state index contributed by atoms with van der Waals surface area (Å²) in [6, 6.07) is 0.734. The van der Waals surface area contributed by atoms with E-state index in [2.05, 4.69) is 33.1 Å². The minimum atomic E-state index is 0.594. The summed E-state index contributed by atoms with van der Waals surface area (Å²) in [5.41, 5.74) is 0. The average molecular weight is 190 g/mol. The normalized spacial score (nSPS) is 16.0. The van der Waals surface area contributed by atoms with E-state index < -0.39 is 0 Å². The second-order valence-corrected chi connectivity index (χ2v) is 9.02. The molecule has 1 N–H and O–H groups in total. The Morgan fingerprint density at radius 1 is 1.56 bits per heavy atom. The second kappa shape index (κ2) is 3.62. The van der Waals surface area contributed by atoms with Crippen LogP contribution in [0.25, 0.3) is 0 Å². The SMILES string of the molecule is CCC(NC)[C](C)(C)[GeH3]. The molecule has 0 spiro atoms. The van der Waals surface area contributed by atoms with E-state index in [0.29, 0.717) is 4.25 Å². The summed E-state index contributed by atoms with van der Waals surface area (Å²) >= 11 is 0.920. The quantitative estimate of drug-likeness (QED) is 0.640. The Morgan fingerprint density at radius 2 is 2.00 bits per heavy atom. The van der Waals surface area contributed by atoms with E-state index in [9.17, 15) is 0 Å². The van der Waals surface area contributed by atoms with Gasteiger partial charge >= 0.3 is 66.4 Å². The van der Waals surface area contributed by atoms with Crippen LogP contribution in [0.1, 0.15) is 27.2 Å². The van der Waals surface area contributed by atoms with Crippen LogP contribution in [0.3, 0.4) is 0 Å². The fraction of sp³-hybridized carbons (Fsp3) is 1.00. The van der Waals surface area contributed by atoms with Crippen molar-refractivity contribution in [3.8, 4) is 0 Å².